The first-order valence-corrected chi connectivity index (χ1v) is 15.7. The van der Waals surface area contributed by atoms with Crippen molar-refractivity contribution in [2.45, 2.75) is 69.6 Å². The Morgan fingerprint density at radius 2 is 1.78 bits per heavy atom. The van der Waals surface area contributed by atoms with Gasteiger partial charge in [-0.05, 0) is 79.7 Å². The van der Waals surface area contributed by atoms with Crippen molar-refractivity contribution in [3.8, 4) is 5.75 Å². The predicted molar refractivity (Wildman–Crippen MR) is 146 cm³/mol. The van der Waals surface area contributed by atoms with Gasteiger partial charge in [0, 0.05) is 24.1 Å². The summed E-state index contributed by atoms with van der Waals surface area (Å²) >= 11 is 0. The second-order valence-electron chi connectivity index (χ2n) is 11.7. The van der Waals surface area contributed by atoms with Gasteiger partial charge in [0.25, 0.3) is 5.91 Å². The van der Waals surface area contributed by atoms with E-state index in [0.29, 0.717) is 24.5 Å². The number of rotatable bonds is 0. The van der Waals surface area contributed by atoms with Crippen LogP contribution >= 0.6 is 0 Å². The number of anilines is 1. The molecule has 0 saturated heterocycles. The lowest BCUT2D eigenvalue weighted by Crippen LogP contribution is -2.48. The molecule has 6 nitrogen and oxygen atoms in total. The number of carbonyl (C=O) groups is 1. The van der Waals surface area contributed by atoms with E-state index in [1.807, 2.05) is 12.1 Å². The van der Waals surface area contributed by atoms with Gasteiger partial charge in [0.1, 0.15) is 5.75 Å². The summed E-state index contributed by atoms with van der Waals surface area (Å²) in [5.74, 6) is 1.60. The van der Waals surface area contributed by atoms with Crippen molar-refractivity contribution in [1.29, 1.82) is 0 Å². The van der Waals surface area contributed by atoms with Gasteiger partial charge < -0.3 is 9.64 Å². The molecule has 2 heterocycles. The SMILES string of the molecule is O=C1NS(=O)(=O)CCCCCCC2CCC2CN2CC3(CCCc4ccccc43)COc3ccc1cc32. The summed E-state index contributed by atoms with van der Waals surface area (Å²) in [7, 11) is -3.66. The number of benzene rings is 2. The zero-order valence-electron chi connectivity index (χ0n) is 21.6. The summed E-state index contributed by atoms with van der Waals surface area (Å²) in [6.45, 7) is 2.42. The van der Waals surface area contributed by atoms with Crippen molar-refractivity contribution in [3.63, 3.8) is 0 Å². The molecule has 1 amide bonds. The van der Waals surface area contributed by atoms with Crippen LogP contribution in [-0.4, -0.2) is 39.8 Å². The van der Waals surface area contributed by atoms with Crippen LogP contribution in [0.2, 0.25) is 0 Å². The van der Waals surface area contributed by atoms with E-state index >= 15 is 0 Å². The third-order valence-corrected chi connectivity index (χ3v) is 10.6. The molecule has 198 valence electrons. The zero-order chi connectivity index (χ0) is 25.5. The van der Waals surface area contributed by atoms with E-state index in [-0.39, 0.29) is 11.2 Å². The highest BCUT2D eigenvalue weighted by atomic mass is 32.2. The van der Waals surface area contributed by atoms with Crippen LogP contribution in [0.4, 0.5) is 5.69 Å². The largest absolute Gasteiger partial charge is 0.490 e. The third kappa shape index (κ3) is 4.99. The molecule has 2 aromatic carbocycles. The summed E-state index contributed by atoms with van der Waals surface area (Å²) in [4.78, 5) is 15.5. The maximum Gasteiger partial charge on any atom is 0.264 e. The highest BCUT2D eigenvalue weighted by Gasteiger charge is 2.43. The number of carbonyl (C=O) groups excluding carboxylic acids is 1. The molecule has 3 atom stereocenters. The van der Waals surface area contributed by atoms with Crippen LogP contribution in [0, 0.1) is 11.8 Å². The maximum absolute atomic E-state index is 13.0. The van der Waals surface area contributed by atoms with E-state index in [4.69, 9.17) is 4.74 Å². The molecule has 2 aliphatic carbocycles. The second kappa shape index (κ2) is 9.97. The molecule has 6 rings (SSSR count). The predicted octanol–water partition coefficient (Wildman–Crippen LogP) is 5.21. The van der Waals surface area contributed by atoms with E-state index in [1.165, 1.54) is 30.4 Å². The lowest BCUT2D eigenvalue weighted by atomic mass is 9.68. The number of fused-ring (bicyclic) bond motifs is 4. The fourth-order valence-corrected chi connectivity index (χ4v) is 8.16. The molecule has 4 aliphatic rings. The van der Waals surface area contributed by atoms with Crippen LogP contribution in [0.5, 0.6) is 5.75 Å². The Morgan fingerprint density at radius 3 is 2.65 bits per heavy atom. The molecule has 3 unspecified atom stereocenters. The second-order valence-corrected chi connectivity index (χ2v) is 13.5. The molecule has 2 aliphatic heterocycles. The minimum atomic E-state index is -3.66. The molecule has 1 spiro atoms. The minimum absolute atomic E-state index is 0.00704. The van der Waals surface area contributed by atoms with Gasteiger partial charge in [0.2, 0.25) is 10.0 Å². The fraction of sp³-hybridized carbons (Fsp3) is 0.567. The molecule has 1 saturated carbocycles. The normalized spacial score (nSPS) is 29.6. The van der Waals surface area contributed by atoms with Crippen LogP contribution in [0.15, 0.2) is 42.5 Å². The Morgan fingerprint density at radius 1 is 0.946 bits per heavy atom. The summed E-state index contributed by atoms with van der Waals surface area (Å²) in [6.07, 6.45) is 10.8. The average molecular weight is 523 g/mol. The Balaban J connectivity index is 1.39. The Labute approximate surface area is 220 Å². The minimum Gasteiger partial charge on any atom is -0.490 e. The van der Waals surface area contributed by atoms with Gasteiger partial charge in [-0.3, -0.25) is 4.79 Å². The van der Waals surface area contributed by atoms with Gasteiger partial charge in [-0.2, -0.15) is 0 Å². The smallest absolute Gasteiger partial charge is 0.264 e. The van der Waals surface area contributed by atoms with Crippen LogP contribution in [0.25, 0.3) is 0 Å². The van der Waals surface area contributed by atoms with E-state index in [2.05, 4.69) is 33.9 Å². The number of hydrogen-bond donors (Lipinski definition) is 1. The first kappa shape index (κ1) is 24.8. The number of amides is 1. The third-order valence-electron chi connectivity index (χ3n) is 9.27. The van der Waals surface area contributed by atoms with Crippen molar-refractivity contribution in [2.24, 2.45) is 11.8 Å². The van der Waals surface area contributed by atoms with Gasteiger partial charge in [-0.15, -0.1) is 0 Å². The first-order chi connectivity index (χ1) is 17.9. The van der Waals surface area contributed by atoms with Crippen molar-refractivity contribution < 1.29 is 17.9 Å². The van der Waals surface area contributed by atoms with Crippen molar-refractivity contribution >= 4 is 21.6 Å². The van der Waals surface area contributed by atoms with Crippen LogP contribution in [-0.2, 0) is 21.9 Å². The highest BCUT2D eigenvalue weighted by molar-refractivity contribution is 7.90. The van der Waals surface area contributed by atoms with Crippen LogP contribution in [0.1, 0.15) is 79.3 Å². The van der Waals surface area contributed by atoms with Gasteiger partial charge in [0.05, 0.1) is 18.0 Å². The van der Waals surface area contributed by atoms with Gasteiger partial charge >= 0.3 is 0 Å². The van der Waals surface area contributed by atoms with Gasteiger partial charge in [-0.1, -0.05) is 49.9 Å². The number of nitrogens with one attached hydrogen (secondary N) is 1. The number of ether oxygens (including phenoxy) is 1. The van der Waals surface area contributed by atoms with Gasteiger partial charge in [-0.25, -0.2) is 13.1 Å². The van der Waals surface area contributed by atoms with Crippen LogP contribution in [0.3, 0.4) is 0 Å². The number of aryl methyl sites for hydroxylation is 1. The van der Waals surface area contributed by atoms with Gasteiger partial charge in [0.15, 0.2) is 0 Å². The molecular weight excluding hydrogens is 484 g/mol. The summed E-state index contributed by atoms with van der Waals surface area (Å²) < 4.78 is 34.0. The Bertz CT molecular complexity index is 1280. The van der Waals surface area contributed by atoms with E-state index in [0.717, 1.165) is 69.0 Å². The monoisotopic (exact) mass is 522 g/mol. The van der Waals surface area contributed by atoms with E-state index < -0.39 is 15.9 Å². The Hall–Kier alpha value is -2.54. The van der Waals surface area contributed by atoms with Crippen LogP contribution < -0.4 is 14.4 Å². The molecule has 7 heteroatoms. The molecule has 0 radical (unpaired) electrons. The lowest BCUT2D eigenvalue weighted by molar-refractivity contribution is 0.0981. The highest BCUT2D eigenvalue weighted by Crippen LogP contribution is 2.46. The number of nitrogens with zero attached hydrogens (tertiary/aromatic N) is 1. The van der Waals surface area contributed by atoms with Crippen molar-refractivity contribution in [2.75, 3.05) is 30.3 Å². The maximum atomic E-state index is 13.0. The summed E-state index contributed by atoms with van der Waals surface area (Å²) in [5.41, 5.74) is 4.01. The topological polar surface area (TPSA) is 75.7 Å². The standard InChI is InChI=1S/C30H38N2O4S/c33-29-24-14-15-28-27(18-24)32(20-30(21-36-28)16-7-10-23-9-4-5-11-26(23)30)19-25-13-12-22(25)8-3-1-2-6-17-37(34,35)31-29/h4-5,9,11,14-15,18,22,25H,1-3,6-8,10,12-13,16-17,19-21H2,(H,31,33). The van der Waals surface area contributed by atoms with E-state index in [1.54, 1.807) is 6.07 Å². The van der Waals surface area contributed by atoms with Crippen molar-refractivity contribution in [3.05, 3.63) is 59.2 Å². The summed E-state index contributed by atoms with van der Waals surface area (Å²) in [6, 6.07) is 14.2. The molecule has 0 aromatic heterocycles. The molecule has 1 fully saturated rings. The van der Waals surface area contributed by atoms with Crippen molar-refractivity contribution in [1.82, 2.24) is 4.72 Å². The molecule has 2 aromatic rings. The summed E-state index contributed by atoms with van der Waals surface area (Å²) in [5, 5.41) is 0. The zero-order valence-corrected chi connectivity index (χ0v) is 22.4. The molecule has 2 bridgehead atoms. The first-order valence-electron chi connectivity index (χ1n) is 14.1. The number of hydrogen-bond acceptors (Lipinski definition) is 5. The average Bonchev–Trinajstić information content (AvgIpc) is 3.02. The lowest BCUT2D eigenvalue weighted by Gasteiger charge is -2.44. The quantitative estimate of drug-likeness (QED) is 0.514. The molecule has 1 N–H and O–H groups in total. The van der Waals surface area contributed by atoms with E-state index in [9.17, 15) is 13.2 Å². The molecular formula is C30H38N2O4S. The fourth-order valence-electron chi connectivity index (χ4n) is 7.07. The molecule has 37 heavy (non-hydrogen) atoms. The Kier molecular flexibility index (Phi) is 6.68. The number of sulfonamides is 1.